The van der Waals surface area contributed by atoms with Gasteiger partial charge in [-0.2, -0.15) is 0 Å². The molecule has 8 heteroatoms. The maximum absolute atomic E-state index is 10.9. The molecular weight excluding hydrogens is 212 g/mol. The van der Waals surface area contributed by atoms with Crippen LogP contribution in [0.25, 0.3) is 0 Å². The van der Waals surface area contributed by atoms with Gasteiger partial charge in [-0.1, -0.05) is 0 Å². The molecule has 1 unspecified atom stereocenters. The third kappa shape index (κ3) is 3.53. The van der Waals surface area contributed by atoms with Gasteiger partial charge in [-0.3, -0.25) is 4.79 Å². The Bertz CT molecular complexity index is 239. The Kier molecular flexibility index (Phi) is 5.33. The molecule has 0 spiro atoms. The van der Waals surface area contributed by atoms with Gasteiger partial charge in [0.15, 0.2) is 0 Å². The molecule has 15 heavy (non-hydrogen) atoms. The van der Waals surface area contributed by atoms with E-state index in [-0.39, 0.29) is 0 Å². The first-order valence-electron chi connectivity index (χ1n) is 3.92. The van der Waals surface area contributed by atoms with E-state index in [1.54, 1.807) is 0 Å². The maximum atomic E-state index is 10.9. The lowest BCUT2D eigenvalue weighted by molar-refractivity contribution is -0.161. The van der Waals surface area contributed by atoms with E-state index < -0.39 is 42.8 Å². The van der Waals surface area contributed by atoms with Gasteiger partial charge in [-0.05, 0) is 0 Å². The molecule has 0 aliphatic carbocycles. The predicted octanol–water partition coefficient (Wildman–Crippen LogP) is -3.92. The van der Waals surface area contributed by atoms with Gasteiger partial charge < -0.3 is 30.6 Å². The van der Waals surface area contributed by atoms with Crippen LogP contribution in [0.1, 0.15) is 0 Å². The Morgan fingerprint density at radius 1 is 1.07 bits per heavy atom. The SMILES string of the molecule is O=C(O)C(O)C(=O)[C@H](O)[C@H](O)[C@@H](O)CO. The molecule has 0 radical (unpaired) electrons. The van der Waals surface area contributed by atoms with Crippen LogP contribution in [0.3, 0.4) is 0 Å². The highest BCUT2D eigenvalue weighted by atomic mass is 16.4. The number of Topliss-reactive ketones (excluding diaryl/α,β-unsaturated/α-hetero) is 1. The summed E-state index contributed by atoms with van der Waals surface area (Å²) in [6, 6.07) is 0. The van der Waals surface area contributed by atoms with Gasteiger partial charge >= 0.3 is 5.97 Å². The lowest BCUT2D eigenvalue weighted by Crippen LogP contribution is -2.49. The number of rotatable bonds is 6. The number of aliphatic hydroxyl groups excluding tert-OH is 5. The summed E-state index contributed by atoms with van der Waals surface area (Å²) in [5.41, 5.74) is 0. The van der Waals surface area contributed by atoms with Crippen LogP contribution < -0.4 is 0 Å². The molecule has 0 saturated carbocycles. The van der Waals surface area contributed by atoms with Crippen molar-refractivity contribution < 1.29 is 40.2 Å². The fourth-order valence-electron chi connectivity index (χ4n) is 0.770. The molecule has 4 atom stereocenters. The summed E-state index contributed by atoms with van der Waals surface area (Å²) in [5.74, 6) is -3.45. The van der Waals surface area contributed by atoms with Crippen molar-refractivity contribution >= 4 is 11.8 Å². The first-order chi connectivity index (χ1) is 6.82. The van der Waals surface area contributed by atoms with E-state index in [2.05, 4.69) is 0 Å². The first kappa shape index (κ1) is 13.9. The summed E-state index contributed by atoms with van der Waals surface area (Å²) in [5, 5.41) is 52.1. The second-order valence-corrected chi connectivity index (χ2v) is 2.83. The fraction of sp³-hybridized carbons (Fsp3) is 0.714. The van der Waals surface area contributed by atoms with Gasteiger partial charge in [0.1, 0.15) is 18.3 Å². The normalized spacial score (nSPS) is 19.0. The minimum Gasteiger partial charge on any atom is -0.479 e. The van der Waals surface area contributed by atoms with Crippen molar-refractivity contribution in [2.45, 2.75) is 24.4 Å². The van der Waals surface area contributed by atoms with E-state index in [9.17, 15) is 9.59 Å². The number of carbonyl (C=O) groups is 2. The third-order valence-electron chi connectivity index (χ3n) is 1.70. The minimum atomic E-state index is -2.49. The number of hydrogen-bond acceptors (Lipinski definition) is 7. The van der Waals surface area contributed by atoms with Crippen molar-refractivity contribution in [3.8, 4) is 0 Å². The summed E-state index contributed by atoms with van der Waals surface area (Å²) in [6.45, 7) is -0.922. The summed E-state index contributed by atoms with van der Waals surface area (Å²) in [6.07, 6.45) is -8.62. The van der Waals surface area contributed by atoms with Gasteiger partial charge in [-0.15, -0.1) is 0 Å². The molecule has 0 aromatic carbocycles. The average Bonchev–Trinajstić information content (AvgIpc) is 2.23. The van der Waals surface area contributed by atoms with Crippen molar-refractivity contribution in [2.24, 2.45) is 0 Å². The molecule has 0 amide bonds. The maximum Gasteiger partial charge on any atom is 0.340 e. The van der Waals surface area contributed by atoms with Gasteiger partial charge in [0.2, 0.25) is 11.9 Å². The van der Waals surface area contributed by atoms with Crippen molar-refractivity contribution in [2.75, 3.05) is 6.61 Å². The average molecular weight is 224 g/mol. The molecule has 0 fully saturated rings. The van der Waals surface area contributed by atoms with E-state index in [0.29, 0.717) is 0 Å². The molecule has 0 aliphatic heterocycles. The number of aliphatic hydroxyl groups is 5. The van der Waals surface area contributed by atoms with Crippen LogP contribution in [0.15, 0.2) is 0 Å². The Morgan fingerprint density at radius 3 is 1.87 bits per heavy atom. The highest BCUT2D eigenvalue weighted by Gasteiger charge is 2.36. The molecule has 88 valence electrons. The van der Waals surface area contributed by atoms with Crippen molar-refractivity contribution in [3.05, 3.63) is 0 Å². The highest BCUT2D eigenvalue weighted by Crippen LogP contribution is 2.04. The highest BCUT2D eigenvalue weighted by molar-refractivity contribution is 6.03. The molecule has 0 bridgehead atoms. The smallest absolute Gasteiger partial charge is 0.340 e. The number of aliphatic carboxylic acids is 1. The van der Waals surface area contributed by atoms with Gasteiger partial charge in [0.05, 0.1) is 6.61 Å². The molecule has 0 rings (SSSR count). The molecule has 0 heterocycles. The van der Waals surface area contributed by atoms with Crippen molar-refractivity contribution in [1.82, 2.24) is 0 Å². The largest absolute Gasteiger partial charge is 0.479 e. The van der Waals surface area contributed by atoms with Crippen LogP contribution in [0.4, 0.5) is 0 Å². The number of ketones is 1. The van der Waals surface area contributed by atoms with E-state index in [0.717, 1.165) is 0 Å². The van der Waals surface area contributed by atoms with E-state index in [1.165, 1.54) is 0 Å². The summed E-state index contributed by atoms with van der Waals surface area (Å²) < 4.78 is 0. The summed E-state index contributed by atoms with van der Waals surface area (Å²) in [4.78, 5) is 21.0. The van der Waals surface area contributed by atoms with Crippen LogP contribution >= 0.6 is 0 Å². The fourth-order valence-corrected chi connectivity index (χ4v) is 0.770. The van der Waals surface area contributed by atoms with E-state index in [4.69, 9.17) is 30.6 Å². The Balaban J connectivity index is 4.50. The Morgan fingerprint density at radius 2 is 1.53 bits per heavy atom. The molecule has 6 N–H and O–H groups in total. The van der Waals surface area contributed by atoms with E-state index >= 15 is 0 Å². The van der Waals surface area contributed by atoms with Crippen LogP contribution in [-0.4, -0.2) is 73.4 Å². The van der Waals surface area contributed by atoms with Crippen LogP contribution in [0.2, 0.25) is 0 Å². The minimum absolute atomic E-state index is 0.922. The number of carboxylic acid groups (broad SMARTS) is 1. The van der Waals surface area contributed by atoms with Gasteiger partial charge in [-0.25, -0.2) is 4.79 Å². The van der Waals surface area contributed by atoms with Crippen LogP contribution in [0, 0.1) is 0 Å². The predicted molar refractivity (Wildman–Crippen MR) is 43.8 cm³/mol. The van der Waals surface area contributed by atoms with E-state index in [1.807, 2.05) is 0 Å². The number of hydrogen-bond donors (Lipinski definition) is 6. The number of carboxylic acids is 1. The zero-order valence-electron chi connectivity index (χ0n) is 7.52. The standard InChI is InChI=1S/C7H12O8/c8-1-2(9)3(10)4(11)5(12)6(13)7(14)15/h2-4,6,8-11,13H,1H2,(H,14,15)/t2-,3+,4+,6?/m0/s1. The molecule has 0 aliphatic rings. The van der Waals surface area contributed by atoms with Crippen LogP contribution in [0.5, 0.6) is 0 Å². The zero-order valence-corrected chi connectivity index (χ0v) is 7.52. The van der Waals surface area contributed by atoms with Crippen molar-refractivity contribution in [1.29, 1.82) is 0 Å². The third-order valence-corrected chi connectivity index (χ3v) is 1.70. The lowest BCUT2D eigenvalue weighted by atomic mass is 10.0. The molecular formula is C7H12O8. The summed E-state index contributed by atoms with van der Waals surface area (Å²) in [7, 11) is 0. The Hall–Kier alpha value is -1.06. The molecule has 8 nitrogen and oxygen atoms in total. The first-order valence-corrected chi connectivity index (χ1v) is 3.92. The van der Waals surface area contributed by atoms with Gasteiger partial charge in [0.25, 0.3) is 0 Å². The lowest BCUT2D eigenvalue weighted by Gasteiger charge is -2.21. The monoisotopic (exact) mass is 224 g/mol. The van der Waals surface area contributed by atoms with Crippen molar-refractivity contribution in [3.63, 3.8) is 0 Å². The molecule has 0 aromatic heterocycles. The van der Waals surface area contributed by atoms with Gasteiger partial charge in [0, 0.05) is 0 Å². The summed E-state index contributed by atoms with van der Waals surface area (Å²) >= 11 is 0. The molecule has 0 saturated heterocycles. The molecule has 0 aromatic rings. The quantitative estimate of drug-likeness (QED) is 0.250. The van der Waals surface area contributed by atoms with Crippen LogP contribution in [-0.2, 0) is 9.59 Å². The topological polar surface area (TPSA) is 156 Å². The zero-order chi connectivity index (χ0) is 12.2. The second-order valence-electron chi connectivity index (χ2n) is 2.83. The Labute approximate surface area is 84.0 Å². The second kappa shape index (κ2) is 5.73. The number of carbonyl (C=O) groups excluding carboxylic acids is 1.